The van der Waals surface area contributed by atoms with Gasteiger partial charge in [-0.2, -0.15) is 17.0 Å². The van der Waals surface area contributed by atoms with Crippen LogP contribution in [0.15, 0.2) is 0 Å². The molecule has 0 bridgehead atoms. The van der Waals surface area contributed by atoms with Crippen molar-refractivity contribution >= 4 is 17.7 Å². The number of nitriles is 1. The lowest BCUT2D eigenvalue weighted by Gasteiger charge is -2.37. The van der Waals surface area contributed by atoms with Crippen LogP contribution in [0.25, 0.3) is 0 Å². The van der Waals surface area contributed by atoms with Gasteiger partial charge in [0.1, 0.15) is 6.42 Å². The maximum absolute atomic E-state index is 11.5. The van der Waals surface area contributed by atoms with Gasteiger partial charge in [-0.1, -0.05) is 0 Å². The minimum absolute atomic E-state index is 0.0112. The normalized spacial score (nSPS) is 26.7. The van der Waals surface area contributed by atoms with Crippen LogP contribution in [0, 0.1) is 11.3 Å². The Bertz CT molecular complexity index is 288. The molecule has 2 heterocycles. The minimum atomic E-state index is -0.0112. The van der Waals surface area contributed by atoms with Crippen LogP contribution < -0.4 is 0 Å². The molecule has 2 rings (SSSR count). The van der Waals surface area contributed by atoms with Crippen LogP contribution in [0.5, 0.6) is 0 Å². The summed E-state index contributed by atoms with van der Waals surface area (Å²) in [5.41, 5.74) is 0. The van der Waals surface area contributed by atoms with E-state index in [4.69, 9.17) is 5.26 Å². The molecular weight excluding hydrogens is 222 g/mol. The second-order valence-electron chi connectivity index (χ2n) is 4.27. The van der Waals surface area contributed by atoms with E-state index in [-0.39, 0.29) is 12.3 Å². The summed E-state index contributed by atoms with van der Waals surface area (Å²) in [6.45, 7) is 3.54. The summed E-state index contributed by atoms with van der Waals surface area (Å²) in [4.78, 5) is 15.8. The van der Waals surface area contributed by atoms with Gasteiger partial charge in [-0.05, 0) is 12.2 Å². The quantitative estimate of drug-likeness (QED) is 0.706. The molecule has 2 aliphatic rings. The first kappa shape index (κ1) is 11.7. The highest BCUT2D eigenvalue weighted by atomic mass is 32.2. The average Bonchev–Trinajstić information content (AvgIpc) is 2.83. The van der Waals surface area contributed by atoms with Gasteiger partial charge >= 0.3 is 0 Å². The lowest BCUT2D eigenvalue weighted by molar-refractivity contribution is -0.132. The number of hydrogen-bond acceptors (Lipinski definition) is 4. The largest absolute Gasteiger partial charge is 0.339 e. The van der Waals surface area contributed by atoms with Crippen LogP contribution in [-0.2, 0) is 4.79 Å². The molecule has 5 heteroatoms. The van der Waals surface area contributed by atoms with Gasteiger partial charge in [-0.3, -0.25) is 9.69 Å². The Morgan fingerprint density at radius 1 is 1.38 bits per heavy atom. The maximum Gasteiger partial charge on any atom is 0.236 e. The molecule has 2 fully saturated rings. The topological polar surface area (TPSA) is 47.3 Å². The molecule has 4 nitrogen and oxygen atoms in total. The van der Waals surface area contributed by atoms with Gasteiger partial charge in [0.15, 0.2) is 0 Å². The fraction of sp³-hybridized carbons (Fsp3) is 0.818. The molecule has 0 aromatic heterocycles. The van der Waals surface area contributed by atoms with Gasteiger partial charge < -0.3 is 4.90 Å². The summed E-state index contributed by atoms with van der Waals surface area (Å²) in [5, 5.41) is 8.48. The molecule has 0 saturated carbocycles. The zero-order valence-electron chi connectivity index (χ0n) is 9.39. The van der Waals surface area contributed by atoms with E-state index in [1.54, 1.807) is 0 Å². The predicted octanol–water partition coefficient (Wildman–Crippen LogP) is 0.550. The third-order valence-corrected chi connectivity index (χ3v) is 4.46. The van der Waals surface area contributed by atoms with Crippen molar-refractivity contribution in [3.8, 4) is 6.07 Å². The third-order valence-electron chi connectivity index (χ3n) is 3.32. The van der Waals surface area contributed by atoms with Gasteiger partial charge in [0.25, 0.3) is 0 Å². The first-order valence-electron chi connectivity index (χ1n) is 5.78. The fourth-order valence-electron chi connectivity index (χ4n) is 2.33. The van der Waals surface area contributed by atoms with E-state index in [0.717, 1.165) is 32.2 Å². The van der Waals surface area contributed by atoms with Crippen molar-refractivity contribution in [1.82, 2.24) is 9.80 Å². The summed E-state index contributed by atoms with van der Waals surface area (Å²) < 4.78 is 0. The zero-order valence-corrected chi connectivity index (χ0v) is 10.2. The van der Waals surface area contributed by atoms with E-state index in [9.17, 15) is 4.79 Å². The SMILES string of the molecule is N#CCC(=O)N1CCN(C2CCSC2)CC1. The van der Waals surface area contributed by atoms with Crippen LogP contribution in [-0.4, -0.2) is 59.4 Å². The van der Waals surface area contributed by atoms with Gasteiger partial charge in [0.2, 0.25) is 5.91 Å². The zero-order chi connectivity index (χ0) is 11.4. The van der Waals surface area contributed by atoms with E-state index in [2.05, 4.69) is 4.90 Å². The molecule has 0 aromatic carbocycles. The summed E-state index contributed by atoms with van der Waals surface area (Å²) in [5.74, 6) is 2.51. The molecule has 2 saturated heterocycles. The molecule has 2 aliphatic heterocycles. The summed E-state index contributed by atoms with van der Waals surface area (Å²) in [6.07, 6.45) is 1.32. The first-order valence-corrected chi connectivity index (χ1v) is 6.93. The van der Waals surface area contributed by atoms with Gasteiger partial charge in [-0.15, -0.1) is 0 Å². The number of rotatable bonds is 2. The smallest absolute Gasteiger partial charge is 0.236 e. The number of thioether (sulfide) groups is 1. The average molecular weight is 239 g/mol. The number of carbonyl (C=O) groups excluding carboxylic acids is 1. The van der Waals surface area contributed by atoms with Gasteiger partial charge in [0.05, 0.1) is 6.07 Å². The number of piperazine rings is 1. The molecule has 1 amide bonds. The third kappa shape index (κ3) is 2.69. The van der Waals surface area contributed by atoms with E-state index in [1.807, 2.05) is 22.7 Å². The van der Waals surface area contributed by atoms with Crippen molar-refractivity contribution in [1.29, 1.82) is 5.26 Å². The molecule has 88 valence electrons. The summed E-state index contributed by atoms with van der Waals surface area (Å²) in [6, 6.07) is 2.64. The molecule has 1 unspecified atom stereocenters. The van der Waals surface area contributed by atoms with E-state index in [1.165, 1.54) is 17.9 Å². The molecule has 0 spiro atoms. The lowest BCUT2D eigenvalue weighted by atomic mass is 10.2. The Morgan fingerprint density at radius 3 is 2.69 bits per heavy atom. The van der Waals surface area contributed by atoms with Crippen molar-refractivity contribution in [3.63, 3.8) is 0 Å². The highest BCUT2D eigenvalue weighted by Gasteiger charge is 2.27. The Hall–Kier alpha value is -0.730. The summed E-state index contributed by atoms with van der Waals surface area (Å²) in [7, 11) is 0. The molecule has 0 aliphatic carbocycles. The Kier molecular flexibility index (Phi) is 4.08. The molecule has 16 heavy (non-hydrogen) atoms. The van der Waals surface area contributed by atoms with Crippen LogP contribution in [0.4, 0.5) is 0 Å². The predicted molar refractivity (Wildman–Crippen MR) is 64.1 cm³/mol. The van der Waals surface area contributed by atoms with Crippen molar-refractivity contribution in [3.05, 3.63) is 0 Å². The van der Waals surface area contributed by atoms with E-state index >= 15 is 0 Å². The van der Waals surface area contributed by atoms with Crippen molar-refractivity contribution in [2.45, 2.75) is 18.9 Å². The van der Waals surface area contributed by atoms with Crippen molar-refractivity contribution in [2.24, 2.45) is 0 Å². The minimum Gasteiger partial charge on any atom is -0.339 e. The Morgan fingerprint density at radius 2 is 2.12 bits per heavy atom. The molecule has 0 aromatic rings. The first-order chi connectivity index (χ1) is 7.81. The molecular formula is C11H17N3OS. The lowest BCUT2D eigenvalue weighted by Crippen LogP contribution is -2.52. The molecule has 1 atom stereocenters. The van der Waals surface area contributed by atoms with E-state index < -0.39 is 0 Å². The molecule has 0 radical (unpaired) electrons. The van der Waals surface area contributed by atoms with Crippen molar-refractivity contribution < 1.29 is 4.79 Å². The number of carbonyl (C=O) groups is 1. The van der Waals surface area contributed by atoms with Gasteiger partial charge in [-0.25, -0.2) is 0 Å². The second-order valence-corrected chi connectivity index (χ2v) is 5.42. The Labute approximate surface area is 101 Å². The van der Waals surface area contributed by atoms with Crippen LogP contribution in [0.1, 0.15) is 12.8 Å². The monoisotopic (exact) mass is 239 g/mol. The standard InChI is InChI=1S/C11H17N3OS/c12-3-1-11(15)14-6-4-13(5-7-14)10-2-8-16-9-10/h10H,1-2,4-9H2. The van der Waals surface area contributed by atoms with E-state index in [0.29, 0.717) is 0 Å². The fourth-order valence-corrected chi connectivity index (χ4v) is 3.58. The Balaban J connectivity index is 1.78. The number of nitrogens with zero attached hydrogens (tertiary/aromatic N) is 3. The number of amides is 1. The highest BCUT2D eigenvalue weighted by Crippen LogP contribution is 2.23. The second kappa shape index (κ2) is 5.55. The number of hydrogen-bond donors (Lipinski definition) is 0. The van der Waals surface area contributed by atoms with Crippen molar-refractivity contribution in [2.75, 3.05) is 37.7 Å². The summed E-state index contributed by atoms with van der Waals surface area (Å²) >= 11 is 2.03. The van der Waals surface area contributed by atoms with Crippen LogP contribution in [0.2, 0.25) is 0 Å². The van der Waals surface area contributed by atoms with Gasteiger partial charge in [0, 0.05) is 38.0 Å². The van der Waals surface area contributed by atoms with Crippen LogP contribution in [0.3, 0.4) is 0 Å². The molecule has 0 N–H and O–H groups in total. The van der Waals surface area contributed by atoms with Crippen LogP contribution >= 0.6 is 11.8 Å². The maximum atomic E-state index is 11.5. The highest BCUT2D eigenvalue weighted by molar-refractivity contribution is 7.99.